The van der Waals surface area contributed by atoms with Gasteiger partial charge in [-0.15, -0.1) is 0 Å². The summed E-state index contributed by atoms with van der Waals surface area (Å²) in [6, 6.07) is 10.9. The van der Waals surface area contributed by atoms with Crippen molar-refractivity contribution in [2.24, 2.45) is 0 Å². The van der Waals surface area contributed by atoms with Crippen molar-refractivity contribution in [1.82, 2.24) is 19.8 Å². The maximum Gasteiger partial charge on any atom is 0.251 e. The SMILES string of the molecule is CC1(NCCCC[C@@H](NC(=O)c2ccc(F)cc2)C(=O)N2CCN(S(C)(=O)=O)CC2)C[C@H]1c1ccc(F)cc1. The number of rotatable bonds is 11. The minimum absolute atomic E-state index is 0.0524. The maximum atomic E-state index is 13.4. The first-order chi connectivity index (χ1) is 18.5. The van der Waals surface area contributed by atoms with Crippen LogP contribution in [0, 0.1) is 11.6 Å². The van der Waals surface area contributed by atoms with Gasteiger partial charge in [0, 0.05) is 43.2 Å². The zero-order valence-corrected chi connectivity index (χ0v) is 23.1. The van der Waals surface area contributed by atoms with Crippen LogP contribution in [0.25, 0.3) is 0 Å². The fourth-order valence-electron chi connectivity index (χ4n) is 5.15. The number of sulfonamides is 1. The van der Waals surface area contributed by atoms with E-state index in [1.165, 1.54) is 40.7 Å². The first kappa shape index (κ1) is 29.1. The topological polar surface area (TPSA) is 98.8 Å². The van der Waals surface area contributed by atoms with Gasteiger partial charge in [0.05, 0.1) is 6.26 Å². The lowest BCUT2D eigenvalue weighted by molar-refractivity contribution is -0.134. The molecule has 1 unspecified atom stereocenters. The molecule has 1 saturated carbocycles. The van der Waals surface area contributed by atoms with Crippen LogP contribution < -0.4 is 10.6 Å². The van der Waals surface area contributed by atoms with Gasteiger partial charge in [-0.25, -0.2) is 17.2 Å². The van der Waals surface area contributed by atoms with Gasteiger partial charge in [0.25, 0.3) is 5.91 Å². The highest BCUT2D eigenvalue weighted by molar-refractivity contribution is 7.88. The summed E-state index contributed by atoms with van der Waals surface area (Å²) in [6.07, 6.45) is 3.98. The van der Waals surface area contributed by atoms with Crippen LogP contribution in [0.4, 0.5) is 8.78 Å². The molecule has 3 atom stereocenters. The monoisotopic (exact) mass is 562 g/mol. The first-order valence-electron chi connectivity index (χ1n) is 13.3. The van der Waals surface area contributed by atoms with Crippen molar-refractivity contribution in [2.75, 3.05) is 39.0 Å². The summed E-state index contributed by atoms with van der Waals surface area (Å²) in [5.41, 5.74) is 1.31. The number of hydrogen-bond acceptors (Lipinski definition) is 5. The number of carbonyl (C=O) groups excluding carboxylic acids is 2. The van der Waals surface area contributed by atoms with E-state index in [0.717, 1.165) is 31.2 Å². The third-order valence-electron chi connectivity index (χ3n) is 7.69. The van der Waals surface area contributed by atoms with Crippen molar-refractivity contribution in [3.05, 3.63) is 71.3 Å². The zero-order valence-electron chi connectivity index (χ0n) is 22.3. The highest BCUT2D eigenvalue weighted by Gasteiger charge is 2.50. The molecule has 4 rings (SSSR count). The Kier molecular flexibility index (Phi) is 9.03. The Balaban J connectivity index is 1.31. The summed E-state index contributed by atoms with van der Waals surface area (Å²) in [7, 11) is -3.33. The Morgan fingerprint density at radius 2 is 1.56 bits per heavy atom. The number of nitrogens with one attached hydrogen (secondary N) is 2. The zero-order chi connectivity index (χ0) is 28.2. The summed E-state index contributed by atoms with van der Waals surface area (Å²) >= 11 is 0. The van der Waals surface area contributed by atoms with E-state index in [0.29, 0.717) is 18.8 Å². The van der Waals surface area contributed by atoms with Crippen LogP contribution in [-0.4, -0.2) is 80.0 Å². The molecule has 8 nitrogen and oxygen atoms in total. The number of benzene rings is 2. The van der Waals surface area contributed by atoms with Gasteiger partial charge in [-0.2, -0.15) is 4.31 Å². The quantitative estimate of drug-likeness (QED) is 0.411. The molecule has 1 heterocycles. The van der Waals surface area contributed by atoms with Crippen LogP contribution in [0.5, 0.6) is 0 Å². The number of amides is 2. The summed E-state index contributed by atoms with van der Waals surface area (Å²) in [5.74, 6) is -1.09. The lowest BCUT2D eigenvalue weighted by Gasteiger charge is -2.35. The molecular formula is C28H36F2N4O4S. The fraction of sp³-hybridized carbons (Fsp3) is 0.500. The predicted octanol–water partition coefficient (Wildman–Crippen LogP) is 2.87. The number of hydrogen-bond donors (Lipinski definition) is 2. The lowest BCUT2D eigenvalue weighted by atomic mass is 10.1. The normalized spacial score (nSPS) is 22.4. The second-order valence-electron chi connectivity index (χ2n) is 10.7. The molecule has 2 aliphatic rings. The smallest absolute Gasteiger partial charge is 0.251 e. The van der Waals surface area contributed by atoms with Gasteiger partial charge in [-0.3, -0.25) is 9.59 Å². The van der Waals surface area contributed by atoms with Crippen LogP contribution in [-0.2, 0) is 14.8 Å². The Morgan fingerprint density at radius 3 is 2.15 bits per heavy atom. The molecule has 11 heteroatoms. The Hall–Kier alpha value is -2.89. The van der Waals surface area contributed by atoms with Crippen LogP contribution in [0.15, 0.2) is 48.5 Å². The molecule has 2 N–H and O–H groups in total. The summed E-state index contributed by atoms with van der Waals surface area (Å²) in [6.45, 7) is 3.79. The Morgan fingerprint density at radius 1 is 0.974 bits per heavy atom. The number of nitrogens with zero attached hydrogens (tertiary/aromatic N) is 2. The van der Waals surface area contributed by atoms with Gasteiger partial charge in [-0.05, 0) is 81.1 Å². The Bertz CT molecular complexity index is 1270. The minimum Gasteiger partial charge on any atom is -0.340 e. The van der Waals surface area contributed by atoms with E-state index in [4.69, 9.17) is 0 Å². The molecule has 0 bridgehead atoms. The van der Waals surface area contributed by atoms with Gasteiger partial charge >= 0.3 is 0 Å². The van der Waals surface area contributed by atoms with E-state index in [1.807, 2.05) is 12.1 Å². The van der Waals surface area contributed by atoms with Crippen molar-refractivity contribution < 1.29 is 26.8 Å². The minimum atomic E-state index is -3.33. The molecule has 1 aliphatic heterocycles. The third kappa shape index (κ3) is 7.61. The molecule has 39 heavy (non-hydrogen) atoms. The lowest BCUT2D eigenvalue weighted by Crippen LogP contribution is -2.55. The van der Waals surface area contributed by atoms with E-state index in [1.54, 1.807) is 4.90 Å². The summed E-state index contributed by atoms with van der Waals surface area (Å²) in [5, 5.41) is 6.39. The molecule has 2 amide bonds. The van der Waals surface area contributed by atoms with E-state index in [2.05, 4.69) is 17.6 Å². The van der Waals surface area contributed by atoms with Gasteiger partial charge < -0.3 is 15.5 Å². The maximum absolute atomic E-state index is 13.4. The fourth-order valence-corrected chi connectivity index (χ4v) is 5.98. The molecule has 2 aromatic carbocycles. The van der Waals surface area contributed by atoms with E-state index >= 15 is 0 Å². The average molecular weight is 563 g/mol. The molecule has 1 saturated heterocycles. The van der Waals surface area contributed by atoms with Crippen molar-refractivity contribution in [3.8, 4) is 0 Å². The first-order valence-corrected chi connectivity index (χ1v) is 15.1. The predicted molar refractivity (Wildman–Crippen MR) is 145 cm³/mol. The highest BCUT2D eigenvalue weighted by Crippen LogP contribution is 2.51. The number of halogens is 2. The molecule has 2 aromatic rings. The van der Waals surface area contributed by atoms with Crippen LogP contribution in [0.3, 0.4) is 0 Å². The number of carbonyl (C=O) groups is 2. The van der Waals surface area contributed by atoms with Gasteiger partial charge in [0.1, 0.15) is 17.7 Å². The van der Waals surface area contributed by atoms with Crippen molar-refractivity contribution in [2.45, 2.75) is 50.1 Å². The van der Waals surface area contributed by atoms with Crippen molar-refractivity contribution >= 4 is 21.8 Å². The average Bonchev–Trinajstić information content (AvgIpc) is 3.58. The number of unbranched alkanes of at least 4 members (excludes halogenated alkanes) is 1. The second-order valence-corrected chi connectivity index (χ2v) is 12.7. The molecule has 0 radical (unpaired) electrons. The van der Waals surface area contributed by atoms with Gasteiger partial charge in [0.15, 0.2) is 0 Å². The van der Waals surface area contributed by atoms with Gasteiger partial charge in [0.2, 0.25) is 15.9 Å². The summed E-state index contributed by atoms with van der Waals surface area (Å²) < 4.78 is 51.5. The van der Waals surface area contributed by atoms with Crippen LogP contribution in [0.1, 0.15) is 54.4 Å². The van der Waals surface area contributed by atoms with Crippen molar-refractivity contribution in [1.29, 1.82) is 0 Å². The van der Waals surface area contributed by atoms with Crippen molar-refractivity contribution in [3.63, 3.8) is 0 Å². The number of piperazine rings is 1. The van der Waals surface area contributed by atoms with E-state index in [9.17, 15) is 26.8 Å². The second kappa shape index (κ2) is 12.1. The standard InChI is InChI=1S/C28H36F2N4O4S/c1-28(19-24(28)20-6-10-22(29)11-7-20)31-14-4-3-5-25(32-26(35)21-8-12-23(30)13-9-21)27(36)33-15-17-34(18-16-33)39(2,37)38/h6-13,24-25,31H,3-5,14-19H2,1-2H3,(H,32,35)/t24-,25+,28?/m0/s1. The van der Waals surface area contributed by atoms with E-state index < -0.39 is 27.8 Å². The molecule has 0 spiro atoms. The highest BCUT2D eigenvalue weighted by atomic mass is 32.2. The Labute approximate surface area is 228 Å². The summed E-state index contributed by atoms with van der Waals surface area (Å²) in [4.78, 5) is 27.8. The molecule has 0 aromatic heterocycles. The molecule has 212 valence electrons. The van der Waals surface area contributed by atoms with E-state index in [-0.39, 0.29) is 49.0 Å². The van der Waals surface area contributed by atoms with Crippen LogP contribution >= 0.6 is 0 Å². The largest absolute Gasteiger partial charge is 0.340 e. The molecule has 2 fully saturated rings. The van der Waals surface area contributed by atoms with Gasteiger partial charge in [-0.1, -0.05) is 12.1 Å². The molecule has 1 aliphatic carbocycles. The third-order valence-corrected chi connectivity index (χ3v) is 8.99. The molecular weight excluding hydrogens is 526 g/mol. The van der Waals surface area contributed by atoms with Crippen LogP contribution in [0.2, 0.25) is 0 Å².